The van der Waals surface area contributed by atoms with E-state index in [9.17, 15) is 4.79 Å². The van der Waals surface area contributed by atoms with Crippen molar-refractivity contribution in [3.8, 4) is 5.75 Å². The first kappa shape index (κ1) is 20.7. The first-order valence-electron chi connectivity index (χ1n) is 10.0. The Bertz CT molecular complexity index is 1090. The molecule has 1 aliphatic carbocycles. The van der Waals surface area contributed by atoms with Gasteiger partial charge in [0.05, 0.1) is 17.3 Å². The summed E-state index contributed by atoms with van der Waals surface area (Å²) >= 11 is 3.47. The van der Waals surface area contributed by atoms with Crippen molar-refractivity contribution in [3.63, 3.8) is 0 Å². The van der Waals surface area contributed by atoms with Gasteiger partial charge in [-0.15, -0.1) is 0 Å². The zero-order valence-corrected chi connectivity index (χ0v) is 18.6. The average Bonchev–Trinajstić information content (AvgIpc) is 3.28. The highest BCUT2D eigenvalue weighted by Gasteiger charge is 2.23. The lowest BCUT2D eigenvalue weighted by molar-refractivity contribution is 0.146. The van der Waals surface area contributed by atoms with Crippen LogP contribution in [0.5, 0.6) is 5.75 Å². The fraction of sp³-hybridized carbons (Fsp3) is 0.429. The summed E-state index contributed by atoms with van der Waals surface area (Å²) in [5.74, 6) is 1.65. The number of anilines is 2. The summed E-state index contributed by atoms with van der Waals surface area (Å²) < 4.78 is 12.9. The summed E-state index contributed by atoms with van der Waals surface area (Å²) in [7, 11) is 1.63. The van der Waals surface area contributed by atoms with E-state index in [0.29, 0.717) is 40.8 Å². The van der Waals surface area contributed by atoms with Gasteiger partial charge in [0.2, 0.25) is 5.95 Å². The number of hydrogen-bond acceptors (Lipinski definition) is 7. The van der Waals surface area contributed by atoms with Crippen LogP contribution in [0.25, 0.3) is 11.0 Å². The SMILES string of the molecule is COCCOc1ccc(Nc2ncc3c(C)c(Br)c(=O)n(C4CCCC4)c3n2)nc1. The number of nitrogens with zero attached hydrogens (tertiary/aromatic N) is 4. The molecule has 1 aliphatic rings. The molecule has 8 nitrogen and oxygen atoms in total. The smallest absolute Gasteiger partial charge is 0.267 e. The number of aromatic nitrogens is 4. The van der Waals surface area contributed by atoms with Gasteiger partial charge in [0.15, 0.2) is 0 Å². The highest BCUT2D eigenvalue weighted by atomic mass is 79.9. The Morgan fingerprint density at radius 2 is 2.00 bits per heavy atom. The molecular formula is C21H24BrN5O3. The fourth-order valence-electron chi connectivity index (χ4n) is 3.76. The summed E-state index contributed by atoms with van der Waals surface area (Å²) in [6.45, 7) is 2.89. The fourth-order valence-corrected chi connectivity index (χ4v) is 4.16. The molecule has 0 atom stereocenters. The highest BCUT2D eigenvalue weighted by molar-refractivity contribution is 9.10. The van der Waals surface area contributed by atoms with E-state index >= 15 is 0 Å². The Balaban J connectivity index is 1.65. The van der Waals surface area contributed by atoms with Gasteiger partial charge in [0.25, 0.3) is 5.56 Å². The molecule has 1 saturated carbocycles. The predicted molar refractivity (Wildman–Crippen MR) is 119 cm³/mol. The van der Waals surface area contributed by atoms with Crippen LogP contribution in [0, 0.1) is 6.92 Å². The monoisotopic (exact) mass is 473 g/mol. The first-order valence-corrected chi connectivity index (χ1v) is 10.8. The summed E-state index contributed by atoms with van der Waals surface area (Å²) in [5.41, 5.74) is 1.48. The van der Waals surface area contributed by atoms with Crippen LogP contribution in [0.3, 0.4) is 0 Å². The Kier molecular flexibility index (Phi) is 6.29. The third-order valence-corrected chi connectivity index (χ3v) is 6.29. The average molecular weight is 474 g/mol. The second kappa shape index (κ2) is 9.09. The number of pyridine rings is 2. The predicted octanol–water partition coefficient (Wildman–Crippen LogP) is 4.14. The number of hydrogen-bond donors (Lipinski definition) is 1. The number of nitrogens with one attached hydrogen (secondary N) is 1. The molecular weight excluding hydrogens is 450 g/mol. The molecule has 158 valence electrons. The Hall–Kier alpha value is -2.52. The van der Waals surface area contributed by atoms with Crippen molar-refractivity contribution < 1.29 is 9.47 Å². The molecule has 3 heterocycles. The molecule has 3 aromatic heterocycles. The third kappa shape index (κ3) is 4.17. The number of aryl methyl sites for hydroxylation is 1. The molecule has 4 rings (SSSR count). The molecule has 0 spiro atoms. The minimum absolute atomic E-state index is 0.0350. The van der Waals surface area contributed by atoms with Crippen LogP contribution in [0.15, 0.2) is 33.8 Å². The summed E-state index contributed by atoms with van der Waals surface area (Å²) in [6, 6.07) is 3.79. The first-order chi connectivity index (χ1) is 14.6. The minimum Gasteiger partial charge on any atom is -0.490 e. The quantitative estimate of drug-likeness (QED) is 0.515. The van der Waals surface area contributed by atoms with E-state index in [0.717, 1.165) is 36.6 Å². The summed E-state index contributed by atoms with van der Waals surface area (Å²) in [4.78, 5) is 26.5. The maximum atomic E-state index is 13.0. The summed E-state index contributed by atoms with van der Waals surface area (Å²) in [5, 5.41) is 3.99. The van der Waals surface area contributed by atoms with Gasteiger partial charge in [0, 0.05) is 24.7 Å². The van der Waals surface area contributed by atoms with Crippen LogP contribution in [-0.4, -0.2) is 39.8 Å². The molecule has 0 saturated heterocycles. The van der Waals surface area contributed by atoms with Crippen LogP contribution in [0.1, 0.15) is 37.3 Å². The number of fused-ring (bicyclic) bond motifs is 1. The van der Waals surface area contributed by atoms with E-state index in [-0.39, 0.29) is 11.6 Å². The maximum Gasteiger partial charge on any atom is 0.267 e. The number of halogens is 1. The van der Waals surface area contributed by atoms with Crippen molar-refractivity contribution in [2.75, 3.05) is 25.6 Å². The van der Waals surface area contributed by atoms with Crippen molar-refractivity contribution >= 4 is 38.7 Å². The van der Waals surface area contributed by atoms with Crippen LogP contribution < -0.4 is 15.6 Å². The van der Waals surface area contributed by atoms with Gasteiger partial charge in [-0.3, -0.25) is 9.36 Å². The number of ether oxygens (including phenoxy) is 2. The van der Waals surface area contributed by atoms with Crippen LogP contribution >= 0.6 is 15.9 Å². The largest absolute Gasteiger partial charge is 0.490 e. The van der Waals surface area contributed by atoms with E-state index in [1.807, 2.05) is 17.6 Å². The molecule has 3 aromatic rings. The van der Waals surface area contributed by atoms with Gasteiger partial charge < -0.3 is 14.8 Å². The lowest BCUT2D eigenvalue weighted by atomic mass is 10.1. The molecule has 9 heteroatoms. The van der Waals surface area contributed by atoms with Crippen molar-refractivity contribution in [1.29, 1.82) is 0 Å². The molecule has 0 bridgehead atoms. The molecule has 0 aliphatic heterocycles. The molecule has 0 amide bonds. The van der Waals surface area contributed by atoms with Crippen LogP contribution in [0.2, 0.25) is 0 Å². The summed E-state index contributed by atoms with van der Waals surface area (Å²) in [6.07, 6.45) is 7.63. The van der Waals surface area contributed by atoms with Gasteiger partial charge in [0.1, 0.15) is 23.8 Å². The lowest BCUT2D eigenvalue weighted by Crippen LogP contribution is -2.26. The minimum atomic E-state index is -0.0350. The van der Waals surface area contributed by atoms with Crippen molar-refractivity contribution in [3.05, 3.63) is 44.9 Å². The van der Waals surface area contributed by atoms with Crippen molar-refractivity contribution in [2.24, 2.45) is 0 Å². The Morgan fingerprint density at radius 3 is 2.70 bits per heavy atom. The van der Waals surface area contributed by atoms with Crippen molar-refractivity contribution in [1.82, 2.24) is 19.5 Å². The van der Waals surface area contributed by atoms with E-state index in [1.165, 1.54) is 0 Å². The zero-order chi connectivity index (χ0) is 21.1. The normalized spacial score (nSPS) is 14.4. The van der Waals surface area contributed by atoms with E-state index in [2.05, 4.69) is 31.2 Å². The molecule has 30 heavy (non-hydrogen) atoms. The molecule has 1 N–H and O–H groups in total. The van der Waals surface area contributed by atoms with Crippen LogP contribution in [0.4, 0.5) is 11.8 Å². The highest BCUT2D eigenvalue weighted by Crippen LogP contribution is 2.32. The standard InChI is InChI=1S/C21H24BrN5O3/c1-13-16-12-24-21(25-17-8-7-15(11-23-17)30-10-9-29-2)26-19(16)27(20(28)18(13)22)14-5-3-4-6-14/h7-8,11-12,14H,3-6,9-10H2,1-2H3,(H,23,24,25,26). The van der Waals surface area contributed by atoms with Crippen molar-refractivity contribution in [2.45, 2.75) is 38.6 Å². The zero-order valence-electron chi connectivity index (χ0n) is 17.0. The van der Waals surface area contributed by atoms with Gasteiger partial charge in [-0.1, -0.05) is 12.8 Å². The molecule has 1 fully saturated rings. The topological polar surface area (TPSA) is 91.2 Å². The van der Waals surface area contributed by atoms with Gasteiger partial charge in [-0.05, 0) is 53.4 Å². The maximum absolute atomic E-state index is 13.0. The lowest BCUT2D eigenvalue weighted by Gasteiger charge is -2.18. The Morgan fingerprint density at radius 1 is 1.20 bits per heavy atom. The molecule has 0 radical (unpaired) electrons. The number of methoxy groups -OCH3 is 1. The molecule has 0 unspecified atom stereocenters. The third-order valence-electron chi connectivity index (χ3n) is 5.36. The second-order valence-electron chi connectivity index (χ2n) is 7.33. The van der Waals surface area contributed by atoms with Crippen LogP contribution in [-0.2, 0) is 4.74 Å². The van der Waals surface area contributed by atoms with Gasteiger partial charge in [-0.25, -0.2) is 9.97 Å². The van der Waals surface area contributed by atoms with E-state index in [4.69, 9.17) is 14.5 Å². The van der Waals surface area contributed by atoms with E-state index < -0.39 is 0 Å². The Labute approximate surface area is 182 Å². The van der Waals surface area contributed by atoms with E-state index in [1.54, 1.807) is 25.6 Å². The van der Waals surface area contributed by atoms with Gasteiger partial charge >= 0.3 is 0 Å². The second-order valence-corrected chi connectivity index (χ2v) is 8.12. The number of rotatable bonds is 7. The van der Waals surface area contributed by atoms with Gasteiger partial charge in [-0.2, -0.15) is 4.98 Å². The molecule has 0 aromatic carbocycles.